The summed E-state index contributed by atoms with van der Waals surface area (Å²) in [5, 5.41) is 3.43. The molecule has 3 rings (SSSR count). The lowest BCUT2D eigenvalue weighted by Gasteiger charge is -2.62. The molecule has 1 amide bonds. The lowest BCUT2D eigenvalue weighted by Crippen LogP contribution is -2.72. The Hall–Kier alpha value is -1.35. The highest BCUT2D eigenvalue weighted by atomic mass is 127. The van der Waals surface area contributed by atoms with Crippen molar-refractivity contribution >= 4 is 35.8 Å². The van der Waals surface area contributed by atoms with Crippen molar-refractivity contribution in [1.82, 2.24) is 15.1 Å². The molecule has 2 heterocycles. The molecule has 2 saturated heterocycles. The molecule has 0 saturated carbocycles. The number of amides is 1. The molecule has 2 fully saturated rings. The second kappa shape index (κ2) is 10.1. The highest BCUT2D eigenvalue weighted by Crippen LogP contribution is 2.46. The molecular formula is C24H39IN4O2. The topological polar surface area (TPSA) is 57.2 Å². The Kier molecular flexibility index (Phi) is 8.41. The number of hydrogen-bond acceptors (Lipinski definition) is 3. The van der Waals surface area contributed by atoms with Crippen LogP contribution >= 0.6 is 24.0 Å². The predicted octanol–water partition coefficient (Wildman–Crippen LogP) is 4.14. The minimum atomic E-state index is 0. The average Bonchev–Trinajstić information content (AvgIpc) is 2.68. The van der Waals surface area contributed by atoms with Crippen LogP contribution in [0.25, 0.3) is 0 Å². The second-order valence-corrected chi connectivity index (χ2v) is 9.86. The first kappa shape index (κ1) is 25.9. The Morgan fingerprint density at radius 3 is 2.19 bits per heavy atom. The minimum absolute atomic E-state index is 0. The molecule has 1 aromatic carbocycles. The van der Waals surface area contributed by atoms with E-state index in [2.05, 4.69) is 44.8 Å². The van der Waals surface area contributed by atoms with Crippen molar-refractivity contribution in [3.63, 3.8) is 0 Å². The van der Waals surface area contributed by atoms with E-state index in [9.17, 15) is 4.79 Å². The van der Waals surface area contributed by atoms with E-state index in [1.54, 1.807) is 0 Å². The summed E-state index contributed by atoms with van der Waals surface area (Å²) >= 11 is 0. The number of likely N-dealkylation sites (tertiary alicyclic amines) is 1. The first-order chi connectivity index (χ1) is 14.0. The van der Waals surface area contributed by atoms with E-state index in [0.717, 1.165) is 30.2 Å². The molecule has 0 aliphatic carbocycles. The van der Waals surface area contributed by atoms with Crippen LogP contribution in [0.3, 0.4) is 0 Å². The molecule has 2 atom stereocenters. The first-order valence-electron chi connectivity index (χ1n) is 11.1. The molecule has 0 spiro atoms. The van der Waals surface area contributed by atoms with Gasteiger partial charge in [-0.1, -0.05) is 26.0 Å². The Morgan fingerprint density at radius 2 is 1.71 bits per heavy atom. The number of carbonyl (C=O) groups is 1. The van der Waals surface area contributed by atoms with Crippen LogP contribution in [0, 0.1) is 5.41 Å². The van der Waals surface area contributed by atoms with Crippen molar-refractivity contribution in [2.24, 2.45) is 10.4 Å². The van der Waals surface area contributed by atoms with Crippen molar-refractivity contribution in [2.75, 3.05) is 26.2 Å². The van der Waals surface area contributed by atoms with Gasteiger partial charge in [-0.15, -0.1) is 24.0 Å². The SMILES string of the molecule is CCNC(=NCc1ccc(C(=O)N2CC(C)OC(C)C2)cc1)N1CC(C)(C)C1(C)C.I. The predicted molar refractivity (Wildman–Crippen MR) is 137 cm³/mol. The summed E-state index contributed by atoms with van der Waals surface area (Å²) in [4.78, 5) is 22.0. The van der Waals surface area contributed by atoms with Gasteiger partial charge in [0.05, 0.1) is 18.8 Å². The van der Waals surface area contributed by atoms with Crippen LogP contribution in [0.5, 0.6) is 0 Å². The molecular weight excluding hydrogens is 503 g/mol. The zero-order chi connectivity index (χ0) is 22.1. The van der Waals surface area contributed by atoms with Gasteiger partial charge in [-0.05, 0) is 52.3 Å². The Labute approximate surface area is 204 Å². The van der Waals surface area contributed by atoms with Gasteiger partial charge in [0.2, 0.25) is 0 Å². The lowest BCUT2D eigenvalue weighted by molar-refractivity contribution is -0.0667. The number of nitrogens with one attached hydrogen (secondary N) is 1. The molecule has 1 N–H and O–H groups in total. The standard InChI is InChI=1S/C24H38N4O2.HI/c1-8-25-22(28-16-23(4,5)24(28,6)7)26-13-19-9-11-20(12-10-19)21(29)27-14-17(2)30-18(3)15-27;/h9-12,17-18H,8,13-16H2,1-7H3,(H,25,26);1H. The number of ether oxygens (including phenoxy) is 1. The van der Waals surface area contributed by atoms with Gasteiger partial charge in [0.15, 0.2) is 5.96 Å². The fraction of sp³-hybridized carbons (Fsp3) is 0.667. The van der Waals surface area contributed by atoms with Crippen molar-refractivity contribution in [3.05, 3.63) is 35.4 Å². The molecule has 174 valence electrons. The van der Waals surface area contributed by atoms with Gasteiger partial charge < -0.3 is 19.9 Å². The number of halogens is 1. The normalized spacial score (nSPS) is 24.8. The summed E-state index contributed by atoms with van der Waals surface area (Å²) < 4.78 is 5.74. The largest absolute Gasteiger partial charge is 0.372 e. The monoisotopic (exact) mass is 542 g/mol. The quantitative estimate of drug-likeness (QED) is 0.353. The molecule has 2 aliphatic heterocycles. The number of morpholine rings is 1. The fourth-order valence-electron chi connectivity index (χ4n) is 4.24. The Morgan fingerprint density at radius 1 is 1.13 bits per heavy atom. The maximum absolute atomic E-state index is 12.8. The van der Waals surface area contributed by atoms with Gasteiger partial charge in [0, 0.05) is 42.7 Å². The van der Waals surface area contributed by atoms with Gasteiger partial charge >= 0.3 is 0 Å². The molecule has 6 nitrogen and oxygen atoms in total. The molecule has 2 unspecified atom stereocenters. The third kappa shape index (κ3) is 5.53. The first-order valence-corrected chi connectivity index (χ1v) is 11.1. The zero-order valence-corrected chi connectivity index (χ0v) is 22.4. The number of hydrogen-bond donors (Lipinski definition) is 1. The van der Waals surface area contributed by atoms with E-state index in [4.69, 9.17) is 9.73 Å². The van der Waals surface area contributed by atoms with Gasteiger partial charge in [0.1, 0.15) is 0 Å². The minimum Gasteiger partial charge on any atom is -0.372 e. The number of rotatable bonds is 4. The second-order valence-electron chi connectivity index (χ2n) is 9.86. The summed E-state index contributed by atoms with van der Waals surface area (Å²) in [6.45, 7) is 19.0. The van der Waals surface area contributed by atoms with Crippen LogP contribution in [0.15, 0.2) is 29.3 Å². The van der Waals surface area contributed by atoms with Gasteiger partial charge in [0.25, 0.3) is 5.91 Å². The van der Waals surface area contributed by atoms with Gasteiger partial charge in [-0.2, -0.15) is 0 Å². The summed E-state index contributed by atoms with van der Waals surface area (Å²) in [6, 6.07) is 7.86. The molecule has 0 bridgehead atoms. The summed E-state index contributed by atoms with van der Waals surface area (Å²) in [5.41, 5.74) is 2.15. The summed E-state index contributed by atoms with van der Waals surface area (Å²) in [5.74, 6) is 1.03. The number of nitrogens with zero attached hydrogens (tertiary/aromatic N) is 3. The van der Waals surface area contributed by atoms with E-state index in [0.29, 0.717) is 19.6 Å². The molecule has 0 radical (unpaired) electrons. The van der Waals surface area contributed by atoms with Crippen LogP contribution in [-0.2, 0) is 11.3 Å². The number of benzene rings is 1. The van der Waals surface area contributed by atoms with E-state index in [1.807, 2.05) is 43.0 Å². The Balaban J connectivity index is 0.00000341. The molecule has 0 aromatic heterocycles. The van der Waals surface area contributed by atoms with Gasteiger partial charge in [-0.25, -0.2) is 4.99 Å². The smallest absolute Gasteiger partial charge is 0.254 e. The molecule has 7 heteroatoms. The summed E-state index contributed by atoms with van der Waals surface area (Å²) in [7, 11) is 0. The summed E-state index contributed by atoms with van der Waals surface area (Å²) in [6.07, 6.45) is 0.151. The van der Waals surface area contributed by atoms with Crippen molar-refractivity contribution < 1.29 is 9.53 Å². The molecule has 2 aliphatic rings. The third-order valence-electron chi connectivity index (χ3n) is 6.79. The number of guanidine groups is 1. The Bertz CT molecular complexity index is 781. The number of aliphatic imine (C=N–C) groups is 1. The fourth-order valence-corrected chi connectivity index (χ4v) is 4.24. The van der Waals surface area contributed by atoms with Gasteiger partial charge in [-0.3, -0.25) is 4.79 Å². The highest BCUT2D eigenvalue weighted by molar-refractivity contribution is 14.0. The van der Waals surface area contributed by atoms with E-state index in [1.165, 1.54) is 0 Å². The zero-order valence-electron chi connectivity index (χ0n) is 20.1. The van der Waals surface area contributed by atoms with Crippen LogP contribution < -0.4 is 5.32 Å². The van der Waals surface area contributed by atoms with Crippen LogP contribution in [0.1, 0.15) is 64.4 Å². The van der Waals surface area contributed by atoms with Crippen molar-refractivity contribution in [1.29, 1.82) is 0 Å². The number of carbonyl (C=O) groups excluding carboxylic acids is 1. The van der Waals surface area contributed by atoms with E-state index < -0.39 is 0 Å². The maximum atomic E-state index is 12.8. The van der Waals surface area contributed by atoms with Crippen LogP contribution in [0.2, 0.25) is 0 Å². The third-order valence-corrected chi connectivity index (χ3v) is 6.79. The molecule has 1 aromatic rings. The van der Waals surface area contributed by atoms with Crippen LogP contribution in [-0.4, -0.2) is 65.6 Å². The van der Waals surface area contributed by atoms with E-state index >= 15 is 0 Å². The van der Waals surface area contributed by atoms with E-state index in [-0.39, 0.29) is 53.0 Å². The molecule has 31 heavy (non-hydrogen) atoms. The average molecular weight is 543 g/mol. The highest BCUT2D eigenvalue weighted by Gasteiger charge is 2.53. The maximum Gasteiger partial charge on any atom is 0.254 e. The van der Waals surface area contributed by atoms with Crippen molar-refractivity contribution in [2.45, 2.75) is 72.8 Å². The van der Waals surface area contributed by atoms with Crippen LogP contribution in [0.4, 0.5) is 0 Å². The lowest BCUT2D eigenvalue weighted by atomic mass is 9.65. The van der Waals surface area contributed by atoms with Crippen molar-refractivity contribution in [3.8, 4) is 0 Å².